The number of hydrogen-bond acceptors (Lipinski definition) is 18. The Morgan fingerprint density at radius 1 is 0.780 bits per heavy atom. The molecule has 6 heterocycles. The summed E-state index contributed by atoms with van der Waals surface area (Å²) in [6.07, 6.45) is 6.05. The average Bonchev–Trinajstić information content (AvgIpc) is 1.71. The molecule has 5 N–H and O–H groups in total. The Morgan fingerprint density at radius 3 is 2.16 bits per heavy atom. The smallest absolute Gasteiger partial charge is 0.391 e. The van der Waals surface area contributed by atoms with Crippen LogP contribution in [-0.2, 0) is 40.7 Å². The zero-order valence-electron chi connectivity index (χ0n) is 63.0. The standard InChI is InChI=1S/C81H101ClF3N11O9S4/c1-51(53-13-15-55(16-14-53)74-52(2)86-50-107-74)87-77(100)71-40-65(97)47-96(71)78(101)75(79(3,4)5)89-73(98)48-93-43-58-38-64(39-59(58)44-93)94-34-31-91(32-35-94)30-28-62(49-106-66-11-9-8-10-12-66)88-69-25-24-67(41-72(69)108(102,103)81(83,84)85)109(104,105)90-76(99)57-20-26-70-56(37-57)19-23-63-46-92(33-36-95(63)70)45-60-42-80(6,7)29-27-68(60)54-17-21-61(82)22-18-54/h8-18,20-22,24-26,37,41,50-51,58-59,62-65,71,75,88,97H,19,23,27-36,38-40,42-49H2,1-7H3,(H,87,100)(H,89,98)(H,90,99)/t51-,58?,59?,62+,63?,64?,65+,71-,75+/m0/s1. The number of aliphatic hydroxyl groups is 1. The van der Waals surface area contributed by atoms with Gasteiger partial charge in [0.1, 0.15) is 17.0 Å². The van der Waals surface area contributed by atoms with Gasteiger partial charge in [-0.2, -0.15) is 13.2 Å². The number of rotatable bonds is 24. The number of halogens is 4. The van der Waals surface area contributed by atoms with Crippen molar-refractivity contribution in [3.05, 3.63) is 159 Å². The second kappa shape index (κ2) is 33.0. The predicted molar refractivity (Wildman–Crippen MR) is 423 cm³/mol. The molecule has 0 radical (unpaired) electrons. The lowest BCUT2D eigenvalue weighted by Gasteiger charge is -2.47. The highest BCUT2D eigenvalue weighted by atomic mass is 35.5. The van der Waals surface area contributed by atoms with Crippen LogP contribution in [0.15, 0.2) is 141 Å². The van der Waals surface area contributed by atoms with E-state index in [2.05, 4.69) is 71.4 Å². The van der Waals surface area contributed by atoms with E-state index in [1.807, 2.05) is 118 Å². The lowest BCUT2D eigenvalue weighted by Crippen LogP contribution is -2.58. The molecular weight excluding hydrogens is 1490 g/mol. The second-order valence-electron chi connectivity index (χ2n) is 32.8. The van der Waals surface area contributed by atoms with Crippen LogP contribution in [0.3, 0.4) is 0 Å². The maximum Gasteiger partial charge on any atom is 0.501 e. The molecule has 109 heavy (non-hydrogen) atoms. The zero-order chi connectivity index (χ0) is 77.5. The summed E-state index contributed by atoms with van der Waals surface area (Å²) in [5.74, 6) is -1.03. The number of carbonyl (C=O) groups is 4. The first-order chi connectivity index (χ1) is 51.7. The van der Waals surface area contributed by atoms with Crippen LogP contribution in [0, 0.1) is 29.6 Å². The Morgan fingerprint density at radius 2 is 1.48 bits per heavy atom. The number of aliphatic hydroxyl groups excluding tert-OH is 1. The number of hydrogen-bond donors (Lipinski definition) is 5. The molecule has 4 amide bonds. The van der Waals surface area contributed by atoms with Crippen molar-refractivity contribution in [1.82, 2.24) is 44.8 Å². The molecule has 7 aliphatic rings. The fourth-order valence-electron chi connectivity index (χ4n) is 17.4. The van der Waals surface area contributed by atoms with E-state index >= 15 is 0 Å². The van der Waals surface area contributed by atoms with Crippen LogP contribution < -0.4 is 25.6 Å². The molecule has 1 saturated carbocycles. The minimum Gasteiger partial charge on any atom is -0.391 e. The monoisotopic (exact) mass is 1590 g/mol. The van der Waals surface area contributed by atoms with E-state index in [0.717, 1.165) is 154 Å². The first-order valence-corrected chi connectivity index (χ1v) is 43.3. The molecule has 5 aliphatic heterocycles. The van der Waals surface area contributed by atoms with Crippen molar-refractivity contribution in [2.24, 2.45) is 22.7 Å². The molecular formula is C81H101ClF3N11O9S4. The number of benzene rings is 5. The second-order valence-corrected chi connectivity index (χ2v) is 38.8. The van der Waals surface area contributed by atoms with Crippen LogP contribution in [0.4, 0.5) is 24.5 Å². The molecule has 4 saturated heterocycles. The van der Waals surface area contributed by atoms with Crippen molar-refractivity contribution in [1.29, 1.82) is 0 Å². The van der Waals surface area contributed by atoms with Gasteiger partial charge in [-0.15, -0.1) is 23.1 Å². The SMILES string of the molecule is Cc1ncsc1-c1ccc([C@H](C)NC(=O)[C@@H]2C[C@@H](O)CN2C(=O)[C@@H](NC(=O)CN2CC3CC(N4CCN(CC[C@H](CSc5ccccc5)Nc5ccc(S(=O)(=O)NC(=O)c6ccc7c(c6)CCC6CN(CC8=C(c9ccc(Cl)cc9)CCC(C)(C)C8)CCN76)cc5S(=O)(=O)C(F)(F)F)CC4)CC3C2)C(C)(C)C)cc1. The van der Waals surface area contributed by atoms with Crippen LogP contribution in [-0.4, -0.2) is 208 Å². The van der Waals surface area contributed by atoms with Gasteiger partial charge in [0.2, 0.25) is 17.7 Å². The van der Waals surface area contributed by atoms with Crippen LogP contribution in [0.1, 0.15) is 132 Å². The Balaban J connectivity index is 0.595. The summed E-state index contributed by atoms with van der Waals surface area (Å²) in [5, 5.41) is 20.8. The van der Waals surface area contributed by atoms with Gasteiger partial charge < -0.3 is 35.8 Å². The number of β-amino-alcohol motifs (C(OH)–C–C–N with tert-alkyl or cyclic N) is 1. The third-order valence-corrected chi connectivity index (χ3v) is 28.6. The normalized spacial score (nSPS) is 23.2. The van der Waals surface area contributed by atoms with Gasteiger partial charge >= 0.3 is 5.51 Å². The highest BCUT2D eigenvalue weighted by Crippen LogP contribution is 2.45. The van der Waals surface area contributed by atoms with Crippen molar-refractivity contribution >= 4 is 95.1 Å². The van der Waals surface area contributed by atoms with E-state index in [1.54, 1.807) is 23.5 Å². The van der Waals surface area contributed by atoms with E-state index < -0.39 is 82.3 Å². The fraction of sp³-hybridized carbons (Fsp3) is 0.519. The summed E-state index contributed by atoms with van der Waals surface area (Å²) in [5.41, 5.74) is 3.85. The summed E-state index contributed by atoms with van der Waals surface area (Å²) in [6.45, 7) is 22.5. The summed E-state index contributed by atoms with van der Waals surface area (Å²) in [7, 11) is -11.1. The Bertz CT molecular complexity index is 4560. The number of nitrogens with zero attached hydrogens (tertiary/aromatic N) is 7. The van der Waals surface area contributed by atoms with Crippen LogP contribution in [0.2, 0.25) is 5.02 Å². The number of piperazine rings is 2. The molecule has 1 aromatic heterocycles. The van der Waals surface area contributed by atoms with E-state index in [9.17, 15) is 54.3 Å². The minimum atomic E-state index is -6.16. The maximum absolute atomic E-state index is 14.7. The van der Waals surface area contributed by atoms with Gasteiger partial charge in [0.25, 0.3) is 25.8 Å². The van der Waals surface area contributed by atoms with Crippen molar-refractivity contribution in [3.8, 4) is 10.4 Å². The number of likely N-dealkylation sites (tertiary alicyclic amines) is 2. The highest BCUT2D eigenvalue weighted by Gasteiger charge is 2.50. The number of carbonyl (C=O) groups excluding carboxylic acids is 4. The molecule has 5 aromatic carbocycles. The maximum atomic E-state index is 14.7. The molecule has 6 aromatic rings. The Kier molecular flexibility index (Phi) is 24.3. The van der Waals surface area contributed by atoms with E-state index in [1.165, 1.54) is 33.4 Å². The van der Waals surface area contributed by atoms with Gasteiger partial charge in [0, 0.05) is 130 Å². The third kappa shape index (κ3) is 18.7. The number of amides is 4. The van der Waals surface area contributed by atoms with E-state index in [0.29, 0.717) is 54.1 Å². The third-order valence-electron chi connectivity index (χ3n) is 23.3. The molecule has 586 valence electrons. The molecule has 20 nitrogen and oxygen atoms in total. The molecule has 13 rings (SSSR count). The molecule has 3 unspecified atom stereocenters. The van der Waals surface area contributed by atoms with Gasteiger partial charge in [-0.1, -0.05) is 106 Å². The molecule has 8 atom stereocenters. The quantitative estimate of drug-likeness (QED) is 0.0354. The zero-order valence-corrected chi connectivity index (χ0v) is 67.0. The molecule has 2 aliphatic carbocycles. The summed E-state index contributed by atoms with van der Waals surface area (Å²) in [4.78, 5) is 73.8. The van der Waals surface area contributed by atoms with Crippen molar-refractivity contribution < 1.29 is 54.3 Å². The van der Waals surface area contributed by atoms with Crippen LogP contribution >= 0.6 is 34.7 Å². The van der Waals surface area contributed by atoms with Crippen molar-refractivity contribution in [3.63, 3.8) is 0 Å². The number of alkyl halides is 3. The summed E-state index contributed by atoms with van der Waals surface area (Å²) >= 11 is 9.28. The van der Waals surface area contributed by atoms with Gasteiger partial charge in [0.05, 0.1) is 45.4 Å². The van der Waals surface area contributed by atoms with Crippen molar-refractivity contribution in [2.75, 3.05) is 101 Å². The largest absolute Gasteiger partial charge is 0.501 e. The number of thiazole rings is 1. The summed E-state index contributed by atoms with van der Waals surface area (Å²) in [6, 6.07) is 30.7. The molecule has 0 spiro atoms. The number of allylic oxidation sites excluding steroid dienone is 1. The Labute approximate surface area is 652 Å². The fourth-order valence-corrected chi connectivity index (χ4v) is 21.4. The van der Waals surface area contributed by atoms with Gasteiger partial charge in [-0.25, -0.2) is 26.5 Å². The number of nitrogens with one attached hydrogen (secondary N) is 4. The minimum absolute atomic E-state index is 0.0330. The lowest BCUT2D eigenvalue weighted by molar-refractivity contribution is -0.144. The van der Waals surface area contributed by atoms with Crippen molar-refractivity contribution in [2.45, 2.75) is 169 Å². The van der Waals surface area contributed by atoms with Gasteiger partial charge in [-0.05, 0) is 176 Å². The average molecular weight is 1590 g/mol. The topological polar surface area (TPSA) is 237 Å². The summed E-state index contributed by atoms with van der Waals surface area (Å²) < 4.78 is 102. The lowest BCUT2D eigenvalue weighted by atomic mass is 9.72. The van der Waals surface area contributed by atoms with Gasteiger partial charge in [-0.3, -0.25) is 33.9 Å². The number of sulfone groups is 1. The van der Waals surface area contributed by atoms with Gasteiger partial charge in [0.15, 0.2) is 0 Å². The number of aryl methyl sites for hydroxylation is 2. The van der Waals surface area contributed by atoms with Crippen LogP contribution in [0.25, 0.3) is 16.0 Å². The first kappa shape index (κ1) is 80.1. The highest BCUT2D eigenvalue weighted by molar-refractivity contribution is 7.99. The first-order valence-electron chi connectivity index (χ1n) is 38.1. The number of anilines is 2. The number of fused-ring (bicyclic) bond motifs is 4. The number of aromatic nitrogens is 1. The Hall–Kier alpha value is -6.92. The predicted octanol–water partition coefficient (Wildman–Crippen LogP) is 11.9. The number of thioether (sulfide) groups is 1. The molecule has 28 heteroatoms. The van der Waals surface area contributed by atoms with Crippen LogP contribution in [0.5, 0.6) is 0 Å². The molecule has 0 bridgehead atoms. The molecule has 5 fully saturated rings. The number of sulfonamides is 1. The van der Waals surface area contributed by atoms with E-state index in [-0.39, 0.29) is 54.4 Å². The van der Waals surface area contributed by atoms with E-state index in [4.69, 9.17) is 11.6 Å².